The summed E-state index contributed by atoms with van der Waals surface area (Å²) < 4.78 is 10.8. The lowest BCUT2D eigenvalue weighted by Crippen LogP contribution is -2.32. The number of fused-ring (bicyclic) bond motifs is 1. The van der Waals surface area contributed by atoms with Crippen LogP contribution in [0.4, 0.5) is 5.69 Å². The van der Waals surface area contributed by atoms with Gasteiger partial charge in [-0.1, -0.05) is 43.3 Å². The molecule has 0 saturated carbocycles. The van der Waals surface area contributed by atoms with E-state index in [4.69, 9.17) is 9.47 Å². The van der Waals surface area contributed by atoms with E-state index in [9.17, 15) is 9.59 Å². The van der Waals surface area contributed by atoms with Crippen molar-refractivity contribution < 1.29 is 19.1 Å². The number of carbonyl (C=O) groups is 2. The van der Waals surface area contributed by atoms with Crippen LogP contribution in [0.15, 0.2) is 66.7 Å². The van der Waals surface area contributed by atoms with Crippen molar-refractivity contribution in [2.24, 2.45) is 0 Å². The summed E-state index contributed by atoms with van der Waals surface area (Å²) in [4.78, 5) is 28.1. The van der Waals surface area contributed by atoms with Gasteiger partial charge in [-0.2, -0.15) is 0 Å². The highest BCUT2D eigenvalue weighted by atomic mass is 16.5. The Labute approximate surface area is 194 Å². The van der Waals surface area contributed by atoms with E-state index in [0.29, 0.717) is 23.6 Å². The van der Waals surface area contributed by atoms with Crippen LogP contribution in [-0.2, 0) is 17.8 Å². The zero-order valence-electron chi connectivity index (χ0n) is 19.1. The Hall–Kier alpha value is -3.80. The fraction of sp³-hybridized carbons (Fsp3) is 0.259. The summed E-state index contributed by atoms with van der Waals surface area (Å²) in [6.07, 6.45) is 1.05. The molecule has 4 rings (SSSR count). The highest BCUT2D eigenvalue weighted by molar-refractivity contribution is 5.99. The summed E-state index contributed by atoms with van der Waals surface area (Å²) >= 11 is 0. The Kier molecular flexibility index (Phi) is 6.63. The van der Waals surface area contributed by atoms with Crippen molar-refractivity contribution >= 4 is 17.5 Å². The van der Waals surface area contributed by atoms with Crippen LogP contribution in [0.3, 0.4) is 0 Å². The van der Waals surface area contributed by atoms with E-state index in [1.807, 2.05) is 60.7 Å². The van der Waals surface area contributed by atoms with Gasteiger partial charge in [0.1, 0.15) is 0 Å². The Morgan fingerprint density at radius 3 is 2.39 bits per heavy atom. The van der Waals surface area contributed by atoms with E-state index in [1.54, 1.807) is 25.2 Å². The molecule has 6 heteroatoms. The molecule has 0 saturated heterocycles. The van der Waals surface area contributed by atoms with Crippen molar-refractivity contribution in [3.05, 3.63) is 89.0 Å². The average Bonchev–Trinajstić information content (AvgIpc) is 3.18. The molecule has 0 aromatic heterocycles. The lowest BCUT2D eigenvalue weighted by molar-refractivity contribution is -0.117. The molecule has 0 radical (unpaired) electrons. The summed E-state index contributed by atoms with van der Waals surface area (Å²) in [6, 6.07) is 20.4. The molecule has 1 heterocycles. The number of hydrogen-bond donors (Lipinski definition) is 1. The summed E-state index contributed by atoms with van der Waals surface area (Å²) in [7, 11) is 3.15. The van der Waals surface area contributed by atoms with Gasteiger partial charge in [0, 0.05) is 17.8 Å². The summed E-state index contributed by atoms with van der Waals surface area (Å²) in [5, 5.41) is 2.97. The van der Waals surface area contributed by atoms with Crippen LogP contribution in [0.25, 0.3) is 0 Å². The molecule has 3 aromatic carbocycles. The van der Waals surface area contributed by atoms with Gasteiger partial charge in [-0.25, -0.2) is 0 Å². The first kappa shape index (κ1) is 22.4. The second kappa shape index (κ2) is 9.77. The van der Waals surface area contributed by atoms with Gasteiger partial charge in [0.15, 0.2) is 11.5 Å². The smallest absolute Gasteiger partial charge is 0.255 e. The van der Waals surface area contributed by atoms with Crippen LogP contribution < -0.4 is 14.8 Å². The van der Waals surface area contributed by atoms with E-state index < -0.39 is 6.04 Å². The second-order valence-electron chi connectivity index (χ2n) is 8.02. The van der Waals surface area contributed by atoms with Gasteiger partial charge in [0.25, 0.3) is 5.91 Å². The van der Waals surface area contributed by atoms with E-state index in [-0.39, 0.29) is 18.2 Å². The number of aryl methyl sites for hydroxylation is 1. The average molecular weight is 445 g/mol. The van der Waals surface area contributed by atoms with E-state index >= 15 is 0 Å². The maximum absolute atomic E-state index is 13.2. The molecule has 1 N–H and O–H groups in total. The first-order chi connectivity index (χ1) is 16.0. The number of methoxy groups -OCH3 is 2. The van der Waals surface area contributed by atoms with Gasteiger partial charge in [0.05, 0.1) is 26.7 Å². The third kappa shape index (κ3) is 4.70. The van der Waals surface area contributed by atoms with Crippen molar-refractivity contribution in [1.82, 2.24) is 4.90 Å². The number of nitrogens with zero attached hydrogens (tertiary/aromatic N) is 1. The Bertz CT molecular complexity index is 1160. The molecule has 0 aliphatic carbocycles. The van der Waals surface area contributed by atoms with Crippen molar-refractivity contribution in [2.75, 3.05) is 19.5 Å². The fourth-order valence-electron chi connectivity index (χ4n) is 4.21. The number of rotatable bonds is 8. The number of carbonyl (C=O) groups excluding carboxylic acids is 2. The first-order valence-electron chi connectivity index (χ1n) is 11.0. The molecule has 33 heavy (non-hydrogen) atoms. The molecule has 0 fully saturated rings. The molecule has 1 atom stereocenters. The van der Waals surface area contributed by atoms with Crippen LogP contribution in [-0.4, -0.2) is 30.9 Å². The lowest BCUT2D eigenvalue weighted by atomic mass is 10.0. The highest BCUT2D eigenvalue weighted by Gasteiger charge is 2.34. The Morgan fingerprint density at radius 2 is 1.73 bits per heavy atom. The number of amides is 2. The fourth-order valence-corrected chi connectivity index (χ4v) is 4.21. The zero-order chi connectivity index (χ0) is 23.4. The van der Waals surface area contributed by atoms with Crippen LogP contribution >= 0.6 is 0 Å². The molecule has 0 spiro atoms. The predicted octanol–water partition coefficient (Wildman–Crippen LogP) is 4.99. The van der Waals surface area contributed by atoms with Gasteiger partial charge in [0.2, 0.25) is 5.91 Å². The normalized spacial score (nSPS) is 13.4. The molecule has 1 aliphatic rings. The van der Waals surface area contributed by atoms with Crippen molar-refractivity contribution in [3.63, 3.8) is 0 Å². The van der Waals surface area contributed by atoms with Crippen LogP contribution in [0.2, 0.25) is 0 Å². The van der Waals surface area contributed by atoms with Crippen LogP contribution in [0, 0.1) is 0 Å². The third-order valence-corrected chi connectivity index (χ3v) is 6.04. The summed E-state index contributed by atoms with van der Waals surface area (Å²) in [5.41, 5.74) is 4.39. The standard InChI is InChI=1S/C27H28N2O4/c1-4-18-9-12-21(13-10-18)28-26(30)16-23(19-11-14-24(32-2)25(15-19)33-3)29-17-20-7-5-6-8-22(20)27(29)31/h5-15,23H,4,16-17H2,1-3H3,(H,28,30). The number of hydrogen-bond acceptors (Lipinski definition) is 4. The molecule has 1 aliphatic heterocycles. The minimum Gasteiger partial charge on any atom is -0.493 e. The van der Waals surface area contributed by atoms with Crippen LogP contribution in [0.1, 0.15) is 46.4 Å². The number of ether oxygens (including phenoxy) is 2. The van der Waals surface area contributed by atoms with Crippen molar-refractivity contribution in [3.8, 4) is 11.5 Å². The van der Waals surface area contributed by atoms with Gasteiger partial charge in [-0.3, -0.25) is 9.59 Å². The zero-order valence-corrected chi connectivity index (χ0v) is 19.1. The predicted molar refractivity (Wildman–Crippen MR) is 128 cm³/mol. The SMILES string of the molecule is CCc1ccc(NC(=O)CC(c2ccc(OC)c(OC)c2)N2Cc3ccccc3C2=O)cc1. The minimum atomic E-state index is -0.459. The minimum absolute atomic E-state index is 0.0783. The number of anilines is 1. The molecular formula is C27H28N2O4. The molecular weight excluding hydrogens is 416 g/mol. The second-order valence-corrected chi connectivity index (χ2v) is 8.02. The van der Waals surface area contributed by atoms with Gasteiger partial charge in [-0.15, -0.1) is 0 Å². The van der Waals surface area contributed by atoms with Gasteiger partial charge < -0.3 is 19.7 Å². The van der Waals surface area contributed by atoms with Crippen molar-refractivity contribution in [1.29, 1.82) is 0 Å². The number of benzene rings is 3. The maximum atomic E-state index is 13.2. The van der Waals surface area contributed by atoms with E-state index in [2.05, 4.69) is 12.2 Å². The summed E-state index contributed by atoms with van der Waals surface area (Å²) in [6.45, 7) is 2.54. The largest absolute Gasteiger partial charge is 0.493 e. The molecule has 0 bridgehead atoms. The first-order valence-corrected chi connectivity index (χ1v) is 11.0. The third-order valence-electron chi connectivity index (χ3n) is 6.04. The number of nitrogens with one attached hydrogen (secondary N) is 1. The maximum Gasteiger partial charge on any atom is 0.255 e. The summed E-state index contributed by atoms with van der Waals surface area (Å²) in [5.74, 6) is 0.907. The monoisotopic (exact) mass is 444 g/mol. The molecule has 3 aromatic rings. The Morgan fingerprint density at radius 1 is 1.00 bits per heavy atom. The van der Waals surface area contributed by atoms with Gasteiger partial charge >= 0.3 is 0 Å². The lowest BCUT2D eigenvalue weighted by Gasteiger charge is -2.28. The topological polar surface area (TPSA) is 67.9 Å². The molecule has 170 valence electrons. The van der Waals surface area contributed by atoms with E-state index in [1.165, 1.54) is 5.56 Å². The van der Waals surface area contributed by atoms with Gasteiger partial charge in [-0.05, 0) is 53.4 Å². The van der Waals surface area contributed by atoms with Crippen LogP contribution in [0.5, 0.6) is 11.5 Å². The molecule has 6 nitrogen and oxygen atoms in total. The quantitative estimate of drug-likeness (QED) is 0.531. The molecule has 2 amide bonds. The Balaban J connectivity index is 1.63. The highest BCUT2D eigenvalue weighted by Crippen LogP contribution is 2.37. The van der Waals surface area contributed by atoms with Crippen molar-refractivity contribution in [2.45, 2.75) is 32.4 Å². The van der Waals surface area contributed by atoms with E-state index in [0.717, 1.165) is 23.2 Å². The molecule has 1 unspecified atom stereocenters.